The van der Waals surface area contributed by atoms with Gasteiger partial charge >= 0.3 is 0 Å². The van der Waals surface area contributed by atoms with Crippen LogP contribution < -0.4 is 5.32 Å². The zero-order valence-electron chi connectivity index (χ0n) is 12.8. The van der Waals surface area contributed by atoms with Crippen molar-refractivity contribution in [1.29, 1.82) is 0 Å². The fraction of sp³-hybridized carbons (Fsp3) is 0.750. The fourth-order valence-electron chi connectivity index (χ4n) is 2.84. The van der Waals surface area contributed by atoms with E-state index in [2.05, 4.69) is 37.5 Å². The smallest absolute Gasteiger partial charge is 0.193 e. The molecule has 0 amide bonds. The molecule has 19 heavy (non-hydrogen) atoms. The van der Waals surface area contributed by atoms with E-state index in [9.17, 15) is 5.11 Å². The summed E-state index contributed by atoms with van der Waals surface area (Å²) in [5.41, 5.74) is 0. The van der Waals surface area contributed by atoms with Crippen molar-refractivity contribution in [2.45, 2.75) is 71.7 Å². The molecular formula is C16H31N2O+. The van der Waals surface area contributed by atoms with E-state index in [4.69, 9.17) is 0 Å². The maximum absolute atomic E-state index is 10.0. The van der Waals surface area contributed by atoms with Crippen molar-refractivity contribution in [2.24, 2.45) is 0 Å². The lowest BCUT2D eigenvalue weighted by molar-refractivity contribution is -0.942. The quantitative estimate of drug-likeness (QED) is 0.381. The van der Waals surface area contributed by atoms with E-state index in [1.807, 2.05) is 13.1 Å². The van der Waals surface area contributed by atoms with Crippen molar-refractivity contribution in [3.63, 3.8) is 0 Å². The molecule has 0 saturated carbocycles. The molecule has 1 rings (SSSR count). The van der Waals surface area contributed by atoms with Gasteiger partial charge in [0.05, 0.1) is 12.7 Å². The van der Waals surface area contributed by atoms with Crippen molar-refractivity contribution >= 4 is 0 Å². The van der Waals surface area contributed by atoms with Gasteiger partial charge in [-0.2, -0.15) is 0 Å². The molecule has 3 heteroatoms. The number of unbranched alkanes of at least 4 members (excludes halogenated alkanes) is 3. The average Bonchev–Trinajstić information content (AvgIpc) is 2.82. The van der Waals surface area contributed by atoms with Crippen LogP contribution in [-0.4, -0.2) is 28.5 Å². The third kappa shape index (κ3) is 4.36. The first-order chi connectivity index (χ1) is 9.17. The first-order valence-corrected chi connectivity index (χ1v) is 7.81. The third-order valence-electron chi connectivity index (χ3n) is 4.21. The van der Waals surface area contributed by atoms with E-state index >= 15 is 0 Å². The predicted molar refractivity (Wildman–Crippen MR) is 81.1 cm³/mol. The van der Waals surface area contributed by atoms with Crippen molar-refractivity contribution in [3.05, 3.63) is 24.6 Å². The van der Waals surface area contributed by atoms with Crippen LogP contribution >= 0.6 is 0 Å². The monoisotopic (exact) mass is 267 g/mol. The number of allylic oxidation sites excluding steroid dienone is 2. The Labute approximate surface area is 118 Å². The van der Waals surface area contributed by atoms with Gasteiger partial charge in [0, 0.05) is 13.3 Å². The highest BCUT2D eigenvalue weighted by Gasteiger charge is 2.40. The standard InChI is InChI=1S/C16H31N2O/c1-4-6-7-8-9-10-11-12-16-17-13-14-18(16,5-2)15(3)19/h9-10,13-17,19H,4-8,11-12H2,1-3H3/q+1/b10-9+. The molecule has 3 nitrogen and oxygen atoms in total. The number of quaternary nitrogens is 1. The van der Waals surface area contributed by atoms with E-state index in [-0.39, 0.29) is 6.23 Å². The average molecular weight is 267 g/mol. The van der Waals surface area contributed by atoms with Crippen molar-refractivity contribution in [1.82, 2.24) is 5.32 Å². The summed E-state index contributed by atoms with van der Waals surface area (Å²) < 4.78 is 0.643. The van der Waals surface area contributed by atoms with Crippen LogP contribution in [0.4, 0.5) is 0 Å². The minimum atomic E-state index is -0.352. The Balaban J connectivity index is 2.33. The molecule has 0 aromatic rings. The first kappa shape index (κ1) is 16.3. The maximum atomic E-state index is 10.0. The van der Waals surface area contributed by atoms with Crippen molar-refractivity contribution < 1.29 is 9.59 Å². The molecule has 0 bridgehead atoms. The van der Waals surface area contributed by atoms with E-state index in [1.54, 1.807) is 0 Å². The molecule has 1 aliphatic rings. The number of rotatable bonds is 9. The van der Waals surface area contributed by atoms with Gasteiger partial charge in [0.15, 0.2) is 12.4 Å². The highest BCUT2D eigenvalue weighted by Crippen LogP contribution is 2.25. The van der Waals surface area contributed by atoms with Crippen LogP contribution in [0, 0.1) is 0 Å². The molecule has 1 aliphatic heterocycles. The van der Waals surface area contributed by atoms with E-state index in [1.165, 1.54) is 25.7 Å². The van der Waals surface area contributed by atoms with Crippen LogP contribution in [0.25, 0.3) is 0 Å². The predicted octanol–water partition coefficient (Wildman–Crippen LogP) is 3.48. The van der Waals surface area contributed by atoms with Gasteiger partial charge in [0.1, 0.15) is 6.20 Å². The molecule has 3 atom stereocenters. The lowest BCUT2D eigenvalue weighted by Gasteiger charge is -2.39. The summed E-state index contributed by atoms with van der Waals surface area (Å²) in [6.07, 6.45) is 15.9. The van der Waals surface area contributed by atoms with Crippen LogP contribution in [-0.2, 0) is 0 Å². The minimum absolute atomic E-state index is 0.310. The Morgan fingerprint density at radius 2 is 2.00 bits per heavy atom. The molecule has 0 radical (unpaired) electrons. The van der Waals surface area contributed by atoms with Crippen molar-refractivity contribution in [3.8, 4) is 0 Å². The summed E-state index contributed by atoms with van der Waals surface area (Å²) in [7, 11) is 0. The fourth-order valence-corrected chi connectivity index (χ4v) is 2.84. The minimum Gasteiger partial charge on any atom is -0.345 e. The Kier molecular flexibility index (Phi) is 7.17. The van der Waals surface area contributed by atoms with Gasteiger partial charge in [-0.15, -0.1) is 0 Å². The highest BCUT2D eigenvalue weighted by atomic mass is 16.3. The summed E-state index contributed by atoms with van der Waals surface area (Å²) in [6, 6.07) is 0. The maximum Gasteiger partial charge on any atom is 0.193 e. The van der Waals surface area contributed by atoms with Crippen LogP contribution in [0.1, 0.15) is 59.3 Å². The van der Waals surface area contributed by atoms with Gasteiger partial charge in [0.25, 0.3) is 0 Å². The molecule has 0 fully saturated rings. The van der Waals surface area contributed by atoms with Gasteiger partial charge in [-0.3, -0.25) is 4.48 Å². The molecular weight excluding hydrogens is 236 g/mol. The van der Waals surface area contributed by atoms with Crippen LogP contribution in [0.15, 0.2) is 24.6 Å². The van der Waals surface area contributed by atoms with Gasteiger partial charge in [-0.25, -0.2) is 0 Å². The van der Waals surface area contributed by atoms with E-state index in [0.717, 1.165) is 19.4 Å². The van der Waals surface area contributed by atoms with Gasteiger partial charge in [-0.1, -0.05) is 31.9 Å². The van der Waals surface area contributed by atoms with E-state index in [0.29, 0.717) is 10.6 Å². The third-order valence-corrected chi connectivity index (χ3v) is 4.21. The van der Waals surface area contributed by atoms with Gasteiger partial charge < -0.3 is 10.4 Å². The first-order valence-electron chi connectivity index (χ1n) is 7.81. The van der Waals surface area contributed by atoms with Crippen LogP contribution in [0.5, 0.6) is 0 Å². The number of hydrogen-bond donors (Lipinski definition) is 2. The van der Waals surface area contributed by atoms with E-state index < -0.39 is 0 Å². The number of aliphatic hydroxyl groups is 1. The molecule has 110 valence electrons. The Bertz CT molecular complexity index is 299. The Morgan fingerprint density at radius 3 is 2.63 bits per heavy atom. The zero-order valence-corrected chi connectivity index (χ0v) is 12.8. The largest absolute Gasteiger partial charge is 0.345 e. The normalized spacial score (nSPS) is 27.9. The second-order valence-electron chi connectivity index (χ2n) is 5.49. The summed E-state index contributed by atoms with van der Waals surface area (Å²) in [5, 5.41) is 13.4. The van der Waals surface area contributed by atoms with Gasteiger partial charge in [0.2, 0.25) is 0 Å². The SMILES string of the molecule is CCCCC/C=C/CCC1NC=C[N+]1(CC)C(C)O. The lowest BCUT2D eigenvalue weighted by Crippen LogP contribution is -2.57. The Hall–Kier alpha value is -0.800. The van der Waals surface area contributed by atoms with Gasteiger partial charge in [-0.05, 0) is 26.2 Å². The zero-order chi connectivity index (χ0) is 14.1. The summed E-state index contributed by atoms with van der Waals surface area (Å²) >= 11 is 0. The second-order valence-corrected chi connectivity index (χ2v) is 5.49. The summed E-state index contributed by atoms with van der Waals surface area (Å²) in [5.74, 6) is 0. The molecule has 0 aliphatic carbocycles. The molecule has 0 aromatic heterocycles. The van der Waals surface area contributed by atoms with Crippen LogP contribution in [0.3, 0.4) is 0 Å². The molecule has 0 saturated heterocycles. The number of nitrogens with zero attached hydrogens (tertiary/aromatic N) is 1. The highest BCUT2D eigenvalue weighted by molar-refractivity contribution is 4.88. The summed E-state index contributed by atoms with van der Waals surface area (Å²) in [6.45, 7) is 7.18. The molecule has 3 unspecified atom stereocenters. The number of hydrogen-bond acceptors (Lipinski definition) is 2. The molecule has 1 heterocycles. The molecule has 2 N–H and O–H groups in total. The Morgan fingerprint density at radius 1 is 1.26 bits per heavy atom. The number of nitrogens with one attached hydrogen (secondary N) is 1. The van der Waals surface area contributed by atoms with Crippen molar-refractivity contribution in [2.75, 3.05) is 6.54 Å². The summed E-state index contributed by atoms with van der Waals surface area (Å²) in [4.78, 5) is 0. The molecule has 0 aromatic carbocycles. The lowest BCUT2D eigenvalue weighted by atomic mass is 10.1. The molecule has 0 spiro atoms. The topological polar surface area (TPSA) is 32.3 Å². The van der Waals surface area contributed by atoms with Crippen LogP contribution in [0.2, 0.25) is 0 Å². The second kappa shape index (κ2) is 8.39. The number of aliphatic hydroxyl groups excluding tert-OH is 1.